The summed E-state index contributed by atoms with van der Waals surface area (Å²) >= 11 is 0. The molecule has 0 aliphatic carbocycles. The number of guanidine groups is 1. The first-order chi connectivity index (χ1) is 9.90. The smallest absolute Gasteiger partial charge is 0.251 e. The summed E-state index contributed by atoms with van der Waals surface area (Å²) in [6.07, 6.45) is 0. The molecule has 0 fully saturated rings. The zero-order chi connectivity index (χ0) is 15.5. The lowest BCUT2D eigenvalue weighted by molar-refractivity contribution is 0.0951. The summed E-state index contributed by atoms with van der Waals surface area (Å²) < 4.78 is 0. The molecule has 2 rings (SSSR count). The van der Waals surface area contributed by atoms with E-state index in [1.807, 2.05) is 19.0 Å². The molecule has 1 aliphatic rings. The molecule has 1 heterocycles. The third-order valence-electron chi connectivity index (χ3n) is 3.11. The van der Waals surface area contributed by atoms with Crippen LogP contribution in [0.15, 0.2) is 29.3 Å². The van der Waals surface area contributed by atoms with Gasteiger partial charge in [0, 0.05) is 24.2 Å². The zero-order valence-corrected chi connectivity index (χ0v) is 12.2. The van der Waals surface area contributed by atoms with Crippen molar-refractivity contribution in [1.29, 1.82) is 0 Å². The van der Waals surface area contributed by atoms with Crippen molar-refractivity contribution in [2.75, 3.05) is 27.2 Å². The van der Waals surface area contributed by atoms with Gasteiger partial charge in [-0.3, -0.25) is 16.0 Å². The van der Waals surface area contributed by atoms with Crippen LogP contribution in [0.3, 0.4) is 0 Å². The van der Waals surface area contributed by atoms with Crippen molar-refractivity contribution in [2.45, 2.75) is 5.79 Å². The van der Waals surface area contributed by atoms with E-state index in [4.69, 9.17) is 11.5 Å². The predicted octanol–water partition coefficient (Wildman–Crippen LogP) is -1.53. The van der Waals surface area contributed by atoms with E-state index >= 15 is 0 Å². The molecule has 0 bridgehead atoms. The molecule has 0 saturated heterocycles. The molecule has 114 valence electrons. The monoisotopic (exact) mass is 291 g/mol. The quantitative estimate of drug-likeness (QED) is 0.449. The van der Waals surface area contributed by atoms with Gasteiger partial charge in [-0.2, -0.15) is 5.43 Å². The van der Waals surface area contributed by atoms with Crippen molar-refractivity contribution in [1.82, 2.24) is 21.1 Å². The van der Waals surface area contributed by atoms with Crippen LogP contribution in [0.4, 0.5) is 0 Å². The number of carbonyl (C=O) groups excluding carboxylic acids is 1. The fourth-order valence-corrected chi connectivity index (χ4v) is 1.91. The number of nitrogens with one attached hydrogen (secondary N) is 3. The maximum Gasteiger partial charge on any atom is 0.251 e. The van der Waals surface area contributed by atoms with Crippen molar-refractivity contribution in [3.63, 3.8) is 0 Å². The first-order valence-corrected chi connectivity index (χ1v) is 6.61. The van der Waals surface area contributed by atoms with Crippen molar-refractivity contribution >= 4 is 11.9 Å². The molecule has 0 aromatic heterocycles. The number of likely N-dealkylation sites (N-methyl/N-ethyl adjacent to an activating group) is 1. The summed E-state index contributed by atoms with van der Waals surface area (Å²) in [7, 11) is 3.91. The standard InChI is InChI=1S/C13H21N7O/c1-20(2)8-7-16-11(21)9-3-5-10(6-4-9)13(15)17-12(14)18-19-13/h3-6,19H,7-8,15H2,1-2H3,(H,16,21)(H3,14,17,18). The van der Waals surface area contributed by atoms with Crippen LogP contribution >= 0.6 is 0 Å². The molecule has 8 heteroatoms. The van der Waals surface area contributed by atoms with E-state index in [0.29, 0.717) is 17.7 Å². The van der Waals surface area contributed by atoms with Gasteiger partial charge in [0.05, 0.1) is 0 Å². The van der Waals surface area contributed by atoms with E-state index in [2.05, 4.69) is 21.2 Å². The van der Waals surface area contributed by atoms with Crippen LogP contribution in [0.5, 0.6) is 0 Å². The Bertz CT molecular complexity index is 540. The second-order valence-electron chi connectivity index (χ2n) is 5.15. The molecule has 1 aliphatic heterocycles. The largest absolute Gasteiger partial charge is 0.369 e. The Hall–Kier alpha value is -2.16. The third kappa shape index (κ3) is 3.69. The van der Waals surface area contributed by atoms with Crippen LogP contribution in [-0.2, 0) is 5.79 Å². The summed E-state index contributed by atoms with van der Waals surface area (Å²) in [5.41, 5.74) is 18.3. The van der Waals surface area contributed by atoms with Gasteiger partial charge in [-0.1, -0.05) is 12.1 Å². The maximum atomic E-state index is 12.0. The predicted molar refractivity (Wildman–Crippen MR) is 81.1 cm³/mol. The highest BCUT2D eigenvalue weighted by molar-refractivity contribution is 5.94. The van der Waals surface area contributed by atoms with Gasteiger partial charge in [-0.15, -0.1) is 0 Å². The molecular formula is C13H21N7O. The van der Waals surface area contributed by atoms with Gasteiger partial charge in [0.15, 0.2) is 0 Å². The molecule has 1 amide bonds. The van der Waals surface area contributed by atoms with Crippen molar-refractivity contribution in [3.8, 4) is 0 Å². The molecule has 1 aromatic rings. The second-order valence-corrected chi connectivity index (χ2v) is 5.15. The summed E-state index contributed by atoms with van der Waals surface area (Å²) in [6, 6.07) is 6.91. The van der Waals surface area contributed by atoms with Crippen LogP contribution in [-0.4, -0.2) is 44.0 Å². The summed E-state index contributed by atoms with van der Waals surface area (Å²) in [5.74, 6) is -0.998. The average molecular weight is 291 g/mol. The third-order valence-corrected chi connectivity index (χ3v) is 3.11. The number of hydrogen-bond donors (Lipinski definition) is 5. The van der Waals surface area contributed by atoms with Crippen molar-refractivity contribution < 1.29 is 4.79 Å². The molecule has 8 nitrogen and oxygen atoms in total. The number of nitrogens with two attached hydrogens (primary N) is 2. The minimum absolute atomic E-state index is 0.116. The van der Waals surface area contributed by atoms with E-state index in [1.54, 1.807) is 24.3 Å². The summed E-state index contributed by atoms with van der Waals surface area (Å²) in [4.78, 5) is 18.0. The van der Waals surface area contributed by atoms with Gasteiger partial charge in [0.2, 0.25) is 11.7 Å². The van der Waals surface area contributed by atoms with Gasteiger partial charge >= 0.3 is 0 Å². The van der Waals surface area contributed by atoms with Crippen LogP contribution in [0.1, 0.15) is 15.9 Å². The van der Waals surface area contributed by atoms with Crippen LogP contribution < -0.4 is 27.6 Å². The van der Waals surface area contributed by atoms with Gasteiger partial charge in [-0.05, 0) is 26.2 Å². The van der Waals surface area contributed by atoms with Gasteiger partial charge in [-0.25, -0.2) is 4.99 Å². The number of benzene rings is 1. The van der Waals surface area contributed by atoms with Crippen molar-refractivity contribution in [2.24, 2.45) is 16.5 Å². The molecular weight excluding hydrogens is 270 g/mol. The fourth-order valence-electron chi connectivity index (χ4n) is 1.91. The van der Waals surface area contributed by atoms with E-state index in [-0.39, 0.29) is 11.9 Å². The number of hydrogen-bond acceptors (Lipinski definition) is 7. The Morgan fingerprint density at radius 3 is 2.57 bits per heavy atom. The lowest BCUT2D eigenvalue weighted by Crippen LogP contribution is -2.50. The van der Waals surface area contributed by atoms with Gasteiger partial charge in [0.25, 0.3) is 5.91 Å². The Labute approximate surface area is 123 Å². The number of amides is 1. The Morgan fingerprint density at radius 2 is 2.05 bits per heavy atom. The second kappa shape index (κ2) is 6.08. The molecule has 1 atom stereocenters. The summed E-state index contributed by atoms with van der Waals surface area (Å²) in [6.45, 7) is 1.39. The minimum Gasteiger partial charge on any atom is -0.369 e. The molecule has 0 radical (unpaired) electrons. The van der Waals surface area contributed by atoms with E-state index < -0.39 is 5.79 Å². The SMILES string of the molecule is CN(C)CCNC(=O)c1ccc(C2(N)N=C(N)NN2)cc1. The first-order valence-electron chi connectivity index (χ1n) is 6.61. The molecule has 1 unspecified atom stereocenters. The average Bonchev–Trinajstić information content (AvgIpc) is 2.79. The normalized spacial score (nSPS) is 21.0. The highest BCUT2D eigenvalue weighted by Crippen LogP contribution is 2.19. The molecule has 7 N–H and O–H groups in total. The van der Waals surface area contributed by atoms with Crippen molar-refractivity contribution in [3.05, 3.63) is 35.4 Å². The van der Waals surface area contributed by atoms with Crippen LogP contribution in [0, 0.1) is 0 Å². The summed E-state index contributed by atoms with van der Waals surface area (Å²) in [5, 5.41) is 2.85. The first kappa shape index (κ1) is 15.2. The maximum absolute atomic E-state index is 12.0. The molecule has 21 heavy (non-hydrogen) atoms. The molecule has 1 aromatic carbocycles. The lowest BCUT2D eigenvalue weighted by atomic mass is 10.1. The number of rotatable bonds is 5. The Balaban J connectivity index is 2.01. The van der Waals surface area contributed by atoms with E-state index in [0.717, 1.165) is 6.54 Å². The minimum atomic E-state index is -1.11. The van der Waals surface area contributed by atoms with Crippen LogP contribution in [0.2, 0.25) is 0 Å². The van der Waals surface area contributed by atoms with Gasteiger partial charge in [0.1, 0.15) is 0 Å². The van der Waals surface area contributed by atoms with Gasteiger partial charge < -0.3 is 16.0 Å². The molecule has 0 spiro atoms. The zero-order valence-electron chi connectivity index (χ0n) is 12.2. The molecule has 0 saturated carbocycles. The Morgan fingerprint density at radius 1 is 1.38 bits per heavy atom. The highest BCUT2D eigenvalue weighted by Gasteiger charge is 2.31. The number of carbonyl (C=O) groups is 1. The number of nitrogens with zero attached hydrogens (tertiary/aromatic N) is 2. The lowest BCUT2D eigenvalue weighted by Gasteiger charge is -2.20. The van der Waals surface area contributed by atoms with E-state index in [9.17, 15) is 4.79 Å². The van der Waals surface area contributed by atoms with E-state index in [1.165, 1.54) is 0 Å². The highest BCUT2D eigenvalue weighted by atomic mass is 16.1. The Kier molecular flexibility index (Phi) is 4.41. The number of aliphatic imine (C=N–C) groups is 1. The topological polar surface area (TPSA) is 121 Å². The fraction of sp³-hybridized carbons (Fsp3) is 0.385. The number of hydrazine groups is 1. The van der Waals surface area contributed by atoms with Crippen LogP contribution in [0.25, 0.3) is 0 Å².